The van der Waals surface area contributed by atoms with Crippen LogP contribution < -0.4 is 10.2 Å². The van der Waals surface area contributed by atoms with E-state index in [-0.39, 0.29) is 36.5 Å². The van der Waals surface area contributed by atoms with Gasteiger partial charge in [0.05, 0.1) is 22.9 Å². The van der Waals surface area contributed by atoms with E-state index in [4.69, 9.17) is 5.26 Å². The molecule has 37 heavy (non-hydrogen) atoms. The minimum absolute atomic E-state index is 0.00214. The van der Waals surface area contributed by atoms with Gasteiger partial charge in [0, 0.05) is 19.0 Å². The molecule has 1 N–H and O–H groups in total. The summed E-state index contributed by atoms with van der Waals surface area (Å²) in [5.74, 6) is -2.77. The van der Waals surface area contributed by atoms with E-state index in [1.54, 1.807) is 6.07 Å². The number of anilines is 1. The zero-order chi connectivity index (χ0) is 27.0. The van der Waals surface area contributed by atoms with Crippen LogP contribution in [-0.4, -0.2) is 41.2 Å². The van der Waals surface area contributed by atoms with E-state index in [1.807, 2.05) is 6.92 Å². The van der Waals surface area contributed by atoms with Crippen LogP contribution in [0.2, 0.25) is 0 Å². The van der Waals surface area contributed by atoms with Crippen LogP contribution in [0.1, 0.15) is 42.9 Å². The van der Waals surface area contributed by atoms with E-state index in [0.717, 1.165) is 23.1 Å². The average Bonchev–Trinajstić information content (AvgIpc) is 2.83. The van der Waals surface area contributed by atoms with Crippen molar-refractivity contribution in [2.75, 3.05) is 18.0 Å². The summed E-state index contributed by atoms with van der Waals surface area (Å²) in [5, 5.41) is 11.8. The summed E-state index contributed by atoms with van der Waals surface area (Å²) >= 11 is 0. The Balaban J connectivity index is 1.65. The normalized spacial score (nSPS) is 21.6. The monoisotopic (exact) mass is 516 g/mol. The Morgan fingerprint density at radius 3 is 2.41 bits per heavy atom. The molecule has 0 bridgehead atoms. The Morgan fingerprint density at radius 1 is 1.16 bits per heavy atom. The summed E-state index contributed by atoms with van der Waals surface area (Å²) in [6.45, 7) is 1.71. The van der Waals surface area contributed by atoms with E-state index in [0.29, 0.717) is 18.5 Å². The first-order valence-corrected chi connectivity index (χ1v) is 11.8. The quantitative estimate of drug-likeness (QED) is 0.592. The molecular weight excluding hydrogens is 492 g/mol. The highest BCUT2D eigenvalue weighted by molar-refractivity contribution is 6.10. The first-order chi connectivity index (χ1) is 17.5. The van der Waals surface area contributed by atoms with Crippen LogP contribution in [0.15, 0.2) is 42.5 Å². The van der Waals surface area contributed by atoms with Crippen molar-refractivity contribution >= 4 is 23.4 Å². The van der Waals surface area contributed by atoms with Gasteiger partial charge in [0.15, 0.2) is 0 Å². The number of carbonyl (C=O) groups excluding carboxylic acids is 3. The second-order valence-corrected chi connectivity index (χ2v) is 9.27. The molecule has 2 fully saturated rings. The maximum atomic E-state index is 14.8. The number of carbonyl (C=O) groups is 3. The number of nitrogens with one attached hydrogen (secondary N) is 1. The summed E-state index contributed by atoms with van der Waals surface area (Å²) in [5.41, 5.74) is -2.03. The van der Waals surface area contributed by atoms with Crippen molar-refractivity contribution in [1.29, 1.82) is 5.26 Å². The minimum Gasteiger partial charge on any atom is -0.356 e. The molecule has 1 spiro atoms. The fraction of sp³-hybridized carbons (Fsp3) is 0.385. The molecule has 1 saturated heterocycles. The number of rotatable bonds is 6. The molecule has 4 rings (SSSR count). The smallest absolute Gasteiger partial charge is 0.356 e. The van der Waals surface area contributed by atoms with Crippen LogP contribution in [0.5, 0.6) is 0 Å². The Morgan fingerprint density at radius 2 is 1.84 bits per heavy atom. The first-order valence-electron chi connectivity index (χ1n) is 11.8. The predicted octanol–water partition coefficient (Wildman–Crippen LogP) is 3.77. The maximum absolute atomic E-state index is 14.8. The number of piperazine rings is 1. The van der Waals surface area contributed by atoms with Crippen LogP contribution >= 0.6 is 0 Å². The van der Waals surface area contributed by atoms with E-state index < -0.39 is 47.4 Å². The lowest BCUT2D eigenvalue weighted by molar-refractivity contribution is -0.165. The lowest BCUT2D eigenvalue weighted by Gasteiger charge is -2.56. The molecule has 1 saturated carbocycles. The Bertz CT molecular complexity index is 1260. The maximum Gasteiger partial charge on any atom is 0.416 e. The molecule has 2 aliphatic rings. The third kappa shape index (κ3) is 4.88. The molecule has 0 atom stereocenters. The molecule has 1 heterocycles. The molecule has 7 nitrogen and oxygen atoms in total. The lowest BCUT2D eigenvalue weighted by atomic mass is 9.64. The molecule has 194 valence electrons. The largest absolute Gasteiger partial charge is 0.416 e. The molecule has 11 heteroatoms. The van der Waals surface area contributed by atoms with Gasteiger partial charge in [0.2, 0.25) is 11.8 Å². The minimum atomic E-state index is -4.52. The second-order valence-electron chi connectivity index (χ2n) is 9.27. The Labute approximate surface area is 210 Å². The van der Waals surface area contributed by atoms with Crippen molar-refractivity contribution in [3.8, 4) is 6.07 Å². The highest BCUT2D eigenvalue weighted by atomic mass is 19.4. The lowest BCUT2D eigenvalue weighted by Crippen LogP contribution is -2.73. The third-order valence-corrected chi connectivity index (χ3v) is 6.83. The number of nitrogens with zero attached hydrogens (tertiary/aromatic N) is 3. The van der Waals surface area contributed by atoms with Gasteiger partial charge < -0.3 is 10.2 Å². The van der Waals surface area contributed by atoms with Gasteiger partial charge in [-0.25, -0.2) is 4.39 Å². The van der Waals surface area contributed by atoms with Gasteiger partial charge in [-0.05, 0) is 55.2 Å². The fourth-order valence-corrected chi connectivity index (χ4v) is 4.84. The van der Waals surface area contributed by atoms with Crippen molar-refractivity contribution < 1.29 is 31.9 Å². The predicted molar refractivity (Wildman–Crippen MR) is 124 cm³/mol. The summed E-state index contributed by atoms with van der Waals surface area (Å²) in [7, 11) is 0. The van der Waals surface area contributed by atoms with E-state index >= 15 is 0 Å². The van der Waals surface area contributed by atoms with Gasteiger partial charge in [-0.2, -0.15) is 18.4 Å². The highest BCUT2D eigenvalue weighted by Crippen LogP contribution is 2.47. The number of alkyl halides is 3. The van der Waals surface area contributed by atoms with Crippen molar-refractivity contribution in [3.63, 3.8) is 0 Å². The number of amides is 3. The topological polar surface area (TPSA) is 93.5 Å². The molecule has 0 unspecified atom stereocenters. The van der Waals surface area contributed by atoms with Gasteiger partial charge in [0.1, 0.15) is 17.9 Å². The van der Waals surface area contributed by atoms with Gasteiger partial charge in [-0.3, -0.25) is 19.3 Å². The van der Waals surface area contributed by atoms with Gasteiger partial charge in [-0.15, -0.1) is 0 Å². The van der Waals surface area contributed by atoms with Gasteiger partial charge in [0.25, 0.3) is 5.91 Å². The fourth-order valence-electron chi connectivity index (χ4n) is 4.84. The van der Waals surface area contributed by atoms with Crippen LogP contribution in [-0.2, 0) is 27.1 Å². The summed E-state index contributed by atoms with van der Waals surface area (Å²) in [6, 6.07) is 9.64. The standard InChI is InChI=1S/C26H24F4N4O3/c1-2-9-32-23(36)18-11-25(12-18)24(37)33(21-8-5-17(13-31)10-20(21)27)15-22(35)34(25)14-16-3-6-19(7-4-16)26(28,29)30/h3-8,10,18H,2,9,11-12,14-15H2,1H3,(H,32,36). The van der Waals surface area contributed by atoms with E-state index in [1.165, 1.54) is 29.2 Å². The number of nitriles is 1. The third-order valence-electron chi connectivity index (χ3n) is 6.83. The van der Waals surface area contributed by atoms with Gasteiger partial charge >= 0.3 is 6.18 Å². The summed E-state index contributed by atoms with van der Waals surface area (Å²) in [4.78, 5) is 41.9. The summed E-state index contributed by atoms with van der Waals surface area (Å²) < 4.78 is 53.7. The van der Waals surface area contributed by atoms with Crippen LogP contribution in [0.3, 0.4) is 0 Å². The molecular formula is C26H24F4N4O3. The van der Waals surface area contributed by atoms with Crippen LogP contribution in [0.25, 0.3) is 0 Å². The number of hydrogen-bond acceptors (Lipinski definition) is 4. The van der Waals surface area contributed by atoms with Crippen molar-refractivity contribution in [1.82, 2.24) is 10.2 Å². The number of halogens is 4. The molecule has 0 radical (unpaired) electrons. The van der Waals surface area contributed by atoms with Crippen molar-refractivity contribution in [3.05, 3.63) is 65.0 Å². The molecule has 1 aliphatic heterocycles. The van der Waals surface area contributed by atoms with Crippen LogP contribution in [0, 0.1) is 23.1 Å². The molecule has 2 aromatic rings. The van der Waals surface area contributed by atoms with Crippen molar-refractivity contribution in [2.24, 2.45) is 5.92 Å². The number of benzene rings is 2. The van der Waals surface area contributed by atoms with Gasteiger partial charge in [-0.1, -0.05) is 19.1 Å². The molecule has 3 amide bonds. The second kappa shape index (κ2) is 9.84. The SMILES string of the molecule is CCCNC(=O)C1CC2(C1)C(=O)N(c1ccc(C#N)cc1F)CC(=O)N2Cc1ccc(C(F)(F)F)cc1. The van der Waals surface area contributed by atoms with E-state index in [2.05, 4.69) is 5.32 Å². The highest BCUT2D eigenvalue weighted by Gasteiger charge is 2.61. The molecule has 0 aromatic heterocycles. The Kier molecular flexibility index (Phi) is 6.95. The zero-order valence-corrected chi connectivity index (χ0v) is 19.9. The number of hydrogen-bond donors (Lipinski definition) is 1. The summed E-state index contributed by atoms with van der Waals surface area (Å²) in [6.07, 6.45) is -3.80. The van der Waals surface area contributed by atoms with Crippen molar-refractivity contribution in [2.45, 2.75) is 44.4 Å². The zero-order valence-electron chi connectivity index (χ0n) is 19.9. The van der Waals surface area contributed by atoms with E-state index in [9.17, 15) is 31.9 Å². The molecule has 2 aromatic carbocycles. The Hall–Kier alpha value is -3.94. The average molecular weight is 516 g/mol. The molecule has 1 aliphatic carbocycles. The first kappa shape index (κ1) is 26.1. The van der Waals surface area contributed by atoms with Crippen LogP contribution in [0.4, 0.5) is 23.2 Å².